The van der Waals surface area contributed by atoms with Gasteiger partial charge in [0.05, 0.1) is 34.6 Å². The first-order valence-corrected chi connectivity index (χ1v) is 9.69. The average molecular weight is 408 g/mol. The van der Waals surface area contributed by atoms with Gasteiger partial charge < -0.3 is 5.32 Å². The summed E-state index contributed by atoms with van der Waals surface area (Å²) in [5.41, 5.74) is 0.701. The predicted octanol–water partition coefficient (Wildman–Crippen LogP) is 3.89. The number of aromatic nitrogens is 2. The number of anilines is 3. The summed E-state index contributed by atoms with van der Waals surface area (Å²) in [6.07, 6.45) is -2.98. The van der Waals surface area contributed by atoms with E-state index in [4.69, 9.17) is 0 Å². The molecule has 0 saturated heterocycles. The van der Waals surface area contributed by atoms with Crippen LogP contribution in [0, 0.1) is 0 Å². The Labute approximate surface area is 159 Å². The van der Waals surface area contributed by atoms with Crippen molar-refractivity contribution in [3.05, 3.63) is 65.9 Å². The fourth-order valence-electron chi connectivity index (χ4n) is 3.08. The summed E-state index contributed by atoms with van der Waals surface area (Å²) < 4.78 is 67.7. The second-order valence-corrected chi connectivity index (χ2v) is 8.18. The average Bonchev–Trinajstić information content (AvgIpc) is 2.90. The first-order chi connectivity index (χ1) is 13.2. The van der Waals surface area contributed by atoms with E-state index in [2.05, 4.69) is 10.4 Å². The van der Waals surface area contributed by atoms with Crippen molar-refractivity contribution in [1.82, 2.24) is 9.78 Å². The monoisotopic (exact) mass is 408 g/mol. The standard InChI is InChI=1S/C18H15F3N4O2S/c1-24-17-12(10-22-24)11-25(16-5-3-2-4-15(16)23-17)28(26,27)14-8-6-13(7-9-14)18(19,20)21/h2-10,23H,11H2,1H3. The van der Waals surface area contributed by atoms with Crippen LogP contribution in [-0.4, -0.2) is 18.2 Å². The number of hydrogen-bond donors (Lipinski definition) is 1. The molecule has 0 fully saturated rings. The van der Waals surface area contributed by atoms with Crippen molar-refractivity contribution < 1.29 is 21.6 Å². The van der Waals surface area contributed by atoms with Gasteiger partial charge in [0.25, 0.3) is 10.0 Å². The lowest BCUT2D eigenvalue weighted by Crippen LogP contribution is -2.30. The summed E-state index contributed by atoms with van der Waals surface area (Å²) in [6.45, 7) is -0.00343. The molecule has 2 heterocycles. The Kier molecular flexibility index (Phi) is 4.11. The van der Waals surface area contributed by atoms with E-state index in [1.165, 1.54) is 4.31 Å². The van der Waals surface area contributed by atoms with Crippen LogP contribution in [0.1, 0.15) is 11.1 Å². The van der Waals surface area contributed by atoms with Gasteiger partial charge in [0, 0.05) is 12.6 Å². The Hall–Kier alpha value is -3.01. The quantitative estimate of drug-likeness (QED) is 0.699. The number of aryl methyl sites for hydroxylation is 1. The fraction of sp³-hybridized carbons (Fsp3) is 0.167. The van der Waals surface area contributed by atoms with Crippen molar-refractivity contribution in [1.29, 1.82) is 0 Å². The highest BCUT2D eigenvalue weighted by atomic mass is 32.2. The molecule has 10 heteroatoms. The predicted molar refractivity (Wildman–Crippen MR) is 97.7 cm³/mol. The molecule has 1 aliphatic rings. The zero-order chi connectivity index (χ0) is 20.1. The Morgan fingerprint density at radius 2 is 1.75 bits per heavy atom. The van der Waals surface area contributed by atoms with Gasteiger partial charge in [-0.3, -0.25) is 8.99 Å². The maximum atomic E-state index is 13.3. The first kappa shape index (κ1) is 18.4. The molecule has 0 saturated carbocycles. The SMILES string of the molecule is Cn1ncc2c1Nc1ccccc1N(S(=O)(=O)c1ccc(C(F)(F)F)cc1)C2. The Morgan fingerprint density at radius 1 is 1.07 bits per heavy atom. The van der Waals surface area contributed by atoms with Gasteiger partial charge >= 0.3 is 6.18 Å². The molecule has 0 amide bonds. The van der Waals surface area contributed by atoms with Crippen LogP contribution < -0.4 is 9.62 Å². The summed E-state index contributed by atoms with van der Waals surface area (Å²) >= 11 is 0. The molecule has 1 aromatic heterocycles. The molecule has 0 aliphatic carbocycles. The largest absolute Gasteiger partial charge is 0.416 e. The van der Waals surface area contributed by atoms with Crippen LogP contribution in [0.2, 0.25) is 0 Å². The smallest absolute Gasteiger partial charge is 0.338 e. The minimum atomic E-state index is -4.54. The van der Waals surface area contributed by atoms with E-state index < -0.39 is 21.8 Å². The Morgan fingerprint density at radius 3 is 2.43 bits per heavy atom. The topological polar surface area (TPSA) is 67.2 Å². The minimum absolute atomic E-state index is 0.00343. The molecular weight excluding hydrogens is 393 g/mol. The van der Waals surface area contributed by atoms with E-state index in [1.807, 2.05) is 0 Å². The van der Waals surface area contributed by atoms with Gasteiger partial charge in [-0.15, -0.1) is 0 Å². The van der Waals surface area contributed by atoms with E-state index in [0.29, 0.717) is 22.8 Å². The Balaban J connectivity index is 1.82. The van der Waals surface area contributed by atoms with Crippen LogP contribution in [0.15, 0.2) is 59.6 Å². The number of nitrogens with zero attached hydrogens (tertiary/aromatic N) is 3. The second kappa shape index (κ2) is 6.26. The number of halogens is 3. The third-order valence-corrected chi connectivity index (χ3v) is 6.30. The Bertz CT molecular complexity index is 1140. The van der Waals surface area contributed by atoms with Gasteiger partial charge in [0.1, 0.15) is 5.82 Å². The number of para-hydroxylation sites is 2. The maximum absolute atomic E-state index is 13.3. The number of hydrogen-bond acceptors (Lipinski definition) is 4. The maximum Gasteiger partial charge on any atom is 0.416 e. The van der Waals surface area contributed by atoms with E-state index in [1.54, 1.807) is 42.2 Å². The molecule has 28 heavy (non-hydrogen) atoms. The highest BCUT2D eigenvalue weighted by molar-refractivity contribution is 7.92. The van der Waals surface area contributed by atoms with Gasteiger partial charge in [-0.2, -0.15) is 18.3 Å². The summed E-state index contributed by atoms with van der Waals surface area (Å²) in [4.78, 5) is -0.220. The van der Waals surface area contributed by atoms with Crippen molar-refractivity contribution in [2.75, 3.05) is 9.62 Å². The molecule has 0 bridgehead atoms. The normalized spacial score (nSPS) is 14.1. The highest BCUT2D eigenvalue weighted by Crippen LogP contribution is 2.38. The lowest BCUT2D eigenvalue weighted by Gasteiger charge is -2.24. The fourth-order valence-corrected chi connectivity index (χ4v) is 4.54. The molecule has 0 radical (unpaired) electrons. The van der Waals surface area contributed by atoms with Crippen molar-refractivity contribution in [3.63, 3.8) is 0 Å². The highest BCUT2D eigenvalue weighted by Gasteiger charge is 2.33. The lowest BCUT2D eigenvalue weighted by molar-refractivity contribution is -0.137. The molecule has 2 aromatic carbocycles. The van der Waals surface area contributed by atoms with Crippen LogP contribution in [-0.2, 0) is 29.8 Å². The molecule has 0 atom stereocenters. The zero-order valence-corrected chi connectivity index (χ0v) is 15.4. The molecule has 3 aromatic rings. The molecule has 6 nitrogen and oxygen atoms in total. The molecule has 1 aliphatic heterocycles. The number of sulfonamides is 1. The van der Waals surface area contributed by atoms with Crippen LogP contribution in [0.4, 0.5) is 30.4 Å². The van der Waals surface area contributed by atoms with Gasteiger partial charge in [-0.1, -0.05) is 12.1 Å². The van der Waals surface area contributed by atoms with E-state index >= 15 is 0 Å². The first-order valence-electron chi connectivity index (χ1n) is 8.25. The molecular formula is C18H15F3N4O2S. The third-order valence-electron chi connectivity index (χ3n) is 4.52. The van der Waals surface area contributed by atoms with E-state index in [-0.39, 0.29) is 11.4 Å². The lowest BCUT2D eigenvalue weighted by atomic mass is 10.2. The summed E-state index contributed by atoms with van der Waals surface area (Å²) in [7, 11) is -2.37. The van der Waals surface area contributed by atoms with Gasteiger partial charge in [0.2, 0.25) is 0 Å². The number of rotatable bonds is 2. The zero-order valence-electron chi connectivity index (χ0n) is 14.6. The van der Waals surface area contributed by atoms with Crippen molar-refractivity contribution >= 4 is 27.2 Å². The minimum Gasteiger partial charge on any atom is -0.338 e. The number of fused-ring (bicyclic) bond motifs is 2. The summed E-state index contributed by atoms with van der Waals surface area (Å²) in [5.74, 6) is 0.651. The second-order valence-electron chi connectivity index (χ2n) is 6.32. The number of benzene rings is 2. The van der Waals surface area contributed by atoms with Crippen molar-refractivity contribution in [2.45, 2.75) is 17.6 Å². The van der Waals surface area contributed by atoms with Crippen molar-refractivity contribution in [3.8, 4) is 0 Å². The van der Waals surface area contributed by atoms with E-state index in [9.17, 15) is 21.6 Å². The molecule has 0 unspecified atom stereocenters. The van der Waals surface area contributed by atoms with Crippen LogP contribution in [0.3, 0.4) is 0 Å². The van der Waals surface area contributed by atoms with Gasteiger partial charge in [-0.25, -0.2) is 8.42 Å². The van der Waals surface area contributed by atoms with Crippen LogP contribution in [0.25, 0.3) is 0 Å². The number of nitrogens with one attached hydrogen (secondary N) is 1. The van der Waals surface area contributed by atoms with Gasteiger partial charge in [0.15, 0.2) is 0 Å². The molecule has 4 rings (SSSR count). The van der Waals surface area contributed by atoms with E-state index in [0.717, 1.165) is 24.3 Å². The van der Waals surface area contributed by atoms with Crippen LogP contribution >= 0.6 is 0 Å². The third kappa shape index (κ3) is 2.99. The van der Waals surface area contributed by atoms with Crippen molar-refractivity contribution in [2.24, 2.45) is 7.05 Å². The molecule has 1 N–H and O–H groups in total. The summed E-state index contributed by atoms with van der Waals surface area (Å²) in [5, 5.41) is 7.33. The molecule has 0 spiro atoms. The number of alkyl halides is 3. The van der Waals surface area contributed by atoms with Gasteiger partial charge in [-0.05, 0) is 36.4 Å². The summed E-state index contributed by atoms with van der Waals surface area (Å²) in [6, 6.07) is 10.3. The molecule has 146 valence electrons. The van der Waals surface area contributed by atoms with Crippen LogP contribution in [0.5, 0.6) is 0 Å².